The summed E-state index contributed by atoms with van der Waals surface area (Å²) in [6.45, 7) is 0. The largest absolute Gasteiger partial charge is 0.453 e. The lowest BCUT2D eigenvalue weighted by molar-refractivity contribution is -0.419. The highest BCUT2D eigenvalue weighted by Gasteiger charge is 2.22. The van der Waals surface area contributed by atoms with Gasteiger partial charge < -0.3 is 24.9 Å². The van der Waals surface area contributed by atoms with Crippen molar-refractivity contribution in [3.05, 3.63) is 24.3 Å². The third kappa shape index (κ3) is 2.88. The van der Waals surface area contributed by atoms with E-state index in [1.54, 1.807) is 12.1 Å². The molecule has 0 fully saturated rings. The molecule has 1 aromatic carbocycles. The summed E-state index contributed by atoms with van der Waals surface area (Å²) in [6, 6.07) is 5.92. The van der Waals surface area contributed by atoms with Gasteiger partial charge in [-0.3, -0.25) is 0 Å². The van der Waals surface area contributed by atoms with Gasteiger partial charge in [0.25, 0.3) is 0 Å². The van der Waals surface area contributed by atoms with Crippen LogP contribution < -0.4 is 15.5 Å². The van der Waals surface area contributed by atoms with E-state index in [9.17, 15) is 0 Å². The Hall–Kier alpha value is -1.34. The molecule has 0 saturated heterocycles. The van der Waals surface area contributed by atoms with Crippen LogP contribution in [0.3, 0.4) is 0 Å². The SMILES string of the molecule is NOc1ccccc1OC(O)(O)O. The lowest BCUT2D eigenvalue weighted by Gasteiger charge is -2.16. The van der Waals surface area contributed by atoms with Crippen molar-refractivity contribution in [3.8, 4) is 11.5 Å². The highest BCUT2D eigenvalue weighted by Crippen LogP contribution is 2.26. The van der Waals surface area contributed by atoms with E-state index in [2.05, 4.69) is 9.57 Å². The Morgan fingerprint density at radius 2 is 1.62 bits per heavy atom. The Bertz CT molecular complexity index is 282. The first-order valence-electron chi connectivity index (χ1n) is 3.35. The summed E-state index contributed by atoms with van der Waals surface area (Å²) in [5.74, 6) is 4.83. The molecule has 1 rings (SSSR count). The minimum absolute atomic E-state index is 0.0732. The third-order valence-corrected chi connectivity index (χ3v) is 1.22. The molecular weight excluding hydrogens is 178 g/mol. The van der Waals surface area contributed by atoms with Crippen molar-refractivity contribution in [2.24, 2.45) is 5.90 Å². The minimum atomic E-state index is -3.24. The fourth-order valence-corrected chi connectivity index (χ4v) is 0.779. The van der Waals surface area contributed by atoms with Gasteiger partial charge >= 0.3 is 6.16 Å². The van der Waals surface area contributed by atoms with E-state index in [1.165, 1.54) is 12.1 Å². The van der Waals surface area contributed by atoms with Crippen LogP contribution in [-0.4, -0.2) is 21.5 Å². The summed E-state index contributed by atoms with van der Waals surface area (Å²) in [5, 5.41) is 25.5. The summed E-state index contributed by atoms with van der Waals surface area (Å²) in [4.78, 5) is 4.33. The number of rotatable bonds is 3. The second-order valence-electron chi connectivity index (χ2n) is 2.24. The first kappa shape index (κ1) is 9.75. The normalized spacial score (nSPS) is 11.1. The lowest BCUT2D eigenvalue weighted by atomic mass is 10.3. The molecule has 5 N–H and O–H groups in total. The predicted octanol–water partition coefficient (Wildman–Crippen LogP) is -1.09. The van der Waals surface area contributed by atoms with Gasteiger partial charge in [-0.05, 0) is 12.1 Å². The van der Waals surface area contributed by atoms with Crippen molar-refractivity contribution in [1.82, 2.24) is 0 Å². The fourth-order valence-electron chi connectivity index (χ4n) is 0.779. The van der Waals surface area contributed by atoms with Gasteiger partial charge in [0.1, 0.15) is 0 Å². The molecule has 6 heteroatoms. The van der Waals surface area contributed by atoms with Gasteiger partial charge in [0, 0.05) is 0 Å². The molecule has 0 atom stereocenters. The summed E-state index contributed by atoms with van der Waals surface area (Å²) < 4.78 is 4.29. The molecule has 0 amide bonds. The Balaban J connectivity index is 2.87. The van der Waals surface area contributed by atoms with Crippen LogP contribution >= 0.6 is 0 Å². The van der Waals surface area contributed by atoms with Gasteiger partial charge in [-0.15, -0.1) is 0 Å². The molecule has 0 aliphatic heterocycles. The average molecular weight is 187 g/mol. The van der Waals surface area contributed by atoms with Crippen LogP contribution in [-0.2, 0) is 0 Å². The topological polar surface area (TPSA) is 105 Å². The molecule has 13 heavy (non-hydrogen) atoms. The summed E-state index contributed by atoms with van der Waals surface area (Å²) in [6.07, 6.45) is -3.24. The number of nitrogens with two attached hydrogens (primary N) is 1. The Kier molecular flexibility index (Phi) is 2.69. The van der Waals surface area contributed by atoms with Gasteiger partial charge in [0.2, 0.25) is 0 Å². The van der Waals surface area contributed by atoms with E-state index < -0.39 is 6.16 Å². The van der Waals surface area contributed by atoms with Crippen molar-refractivity contribution >= 4 is 0 Å². The molecular formula is C7H9NO5. The average Bonchev–Trinajstić information content (AvgIpc) is 2.02. The van der Waals surface area contributed by atoms with E-state index in [0.717, 1.165) is 0 Å². The molecule has 0 unspecified atom stereocenters. The molecule has 0 aliphatic rings. The van der Waals surface area contributed by atoms with Gasteiger partial charge in [0.05, 0.1) is 0 Å². The second kappa shape index (κ2) is 3.58. The van der Waals surface area contributed by atoms with E-state index in [-0.39, 0.29) is 11.5 Å². The molecule has 72 valence electrons. The maximum absolute atomic E-state index is 8.48. The highest BCUT2D eigenvalue weighted by molar-refractivity contribution is 5.39. The summed E-state index contributed by atoms with van der Waals surface area (Å²) >= 11 is 0. The summed E-state index contributed by atoms with van der Waals surface area (Å²) in [5.41, 5.74) is 0. The Morgan fingerprint density at radius 3 is 2.08 bits per heavy atom. The zero-order chi connectivity index (χ0) is 9.90. The number of hydrogen-bond acceptors (Lipinski definition) is 6. The number of aliphatic hydroxyl groups is 3. The smallest absolute Gasteiger partial charge is 0.413 e. The molecule has 0 aliphatic carbocycles. The number of hydrogen-bond donors (Lipinski definition) is 4. The maximum atomic E-state index is 8.48. The molecule has 0 bridgehead atoms. The van der Waals surface area contributed by atoms with Crippen LogP contribution in [0, 0.1) is 0 Å². The zero-order valence-corrected chi connectivity index (χ0v) is 6.54. The monoisotopic (exact) mass is 187 g/mol. The quantitative estimate of drug-likeness (QED) is 0.354. The van der Waals surface area contributed by atoms with E-state index in [1.807, 2.05) is 0 Å². The van der Waals surface area contributed by atoms with Crippen molar-refractivity contribution in [2.75, 3.05) is 0 Å². The first-order valence-corrected chi connectivity index (χ1v) is 3.35. The van der Waals surface area contributed by atoms with Crippen LogP contribution in [0.15, 0.2) is 24.3 Å². The van der Waals surface area contributed by atoms with E-state index in [4.69, 9.17) is 21.2 Å². The summed E-state index contributed by atoms with van der Waals surface area (Å²) in [7, 11) is 0. The van der Waals surface area contributed by atoms with Crippen LogP contribution in [0.25, 0.3) is 0 Å². The van der Waals surface area contributed by atoms with Crippen molar-refractivity contribution in [1.29, 1.82) is 0 Å². The molecule has 0 radical (unpaired) electrons. The van der Waals surface area contributed by atoms with Gasteiger partial charge in [-0.2, -0.15) is 5.90 Å². The molecule has 0 spiro atoms. The standard InChI is InChI=1S/C7H9NO5/c8-13-6-4-2-1-3-5(6)12-7(9,10)11/h1-4,9-11H,8H2. The fraction of sp³-hybridized carbons (Fsp3) is 0.143. The first-order chi connectivity index (χ1) is 6.03. The number of ether oxygens (including phenoxy) is 1. The second-order valence-corrected chi connectivity index (χ2v) is 2.24. The number of benzene rings is 1. The van der Waals surface area contributed by atoms with Crippen LogP contribution in [0.1, 0.15) is 0 Å². The molecule has 6 nitrogen and oxygen atoms in total. The van der Waals surface area contributed by atoms with E-state index in [0.29, 0.717) is 0 Å². The third-order valence-electron chi connectivity index (χ3n) is 1.22. The Labute approximate surface area is 73.7 Å². The molecule has 0 aromatic heterocycles. The van der Waals surface area contributed by atoms with Crippen molar-refractivity contribution < 1.29 is 24.9 Å². The van der Waals surface area contributed by atoms with Crippen LogP contribution in [0.4, 0.5) is 0 Å². The van der Waals surface area contributed by atoms with Gasteiger partial charge in [-0.25, -0.2) is 0 Å². The van der Waals surface area contributed by atoms with Crippen LogP contribution in [0.5, 0.6) is 11.5 Å². The van der Waals surface area contributed by atoms with Crippen molar-refractivity contribution in [3.63, 3.8) is 0 Å². The van der Waals surface area contributed by atoms with Gasteiger partial charge in [0.15, 0.2) is 11.5 Å². The Morgan fingerprint density at radius 1 is 1.08 bits per heavy atom. The van der Waals surface area contributed by atoms with Crippen LogP contribution in [0.2, 0.25) is 0 Å². The lowest BCUT2D eigenvalue weighted by Crippen LogP contribution is -2.34. The van der Waals surface area contributed by atoms with Crippen molar-refractivity contribution in [2.45, 2.75) is 6.16 Å². The molecule has 0 saturated carbocycles. The molecule has 0 heterocycles. The van der Waals surface area contributed by atoms with E-state index >= 15 is 0 Å². The maximum Gasteiger partial charge on any atom is 0.453 e. The highest BCUT2D eigenvalue weighted by atomic mass is 16.9. The molecule has 1 aromatic rings. The zero-order valence-electron chi connectivity index (χ0n) is 6.54. The number of para-hydroxylation sites is 2. The minimum Gasteiger partial charge on any atom is -0.413 e. The van der Waals surface area contributed by atoms with Gasteiger partial charge in [-0.1, -0.05) is 12.1 Å². The predicted molar refractivity (Wildman–Crippen MR) is 41.3 cm³/mol.